The molecule has 2 aromatic rings. The summed E-state index contributed by atoms with van der Waals surface area (Å²) >= 11 is 0. The Morgan fingerprint density at radius 3 is 2.65 bits per heavy atom. The number of nitro benzene ring substituents is 1. The maximum absolute atomic E-state index is 11.7. The van der Waals surface area contributed by atoms with E-state index in [2.05, 4.69) is 10.6 Å². The van der Waals surface area contributed by atoms with Crippen LogP contribution in [-0.4, -0.2) is 24.1 Å². The molecule has 0 atom stereocenters. The van der Waals surface area contributed by atoms with Crippen LogP contribution in [0.5, 0.6) is 5.75 Å². The number of carbonyl (C=O) groups excluding carboxylic acids is 1. The van der Waals surface area contributed by atoms with Crippen molar-refractivity contribution in [1.29, 1.82) is 0 Å². The topological polar surface area (TPSA) is 93.5 Å². The lowest BCUT2D eigenvalue weighted by molar-refractivity contribution is -0.384. The molecule has 120 valence electrons. The van der Waals surface area contributed by atoms with E-state index in [1.54, 1.807) is 6.07 Å². The Morgan fingerprint density at radius 1 is 1.22 bits per heavy atom. The van der Waals surface area contributed by atoms with Crippen LogP contribution in [0.1, 0.15) is 5.56 Å². The molecular weight excluding hydrogens is 298 g/mol. The zero-order valence-corrected chi connectivity index (χ0v) is 12.6. The molecule has 23 heavy (non-hydrogen) atoms. The highest BCUT2D eigenvalue weighted by Gasteiger charge is 2.07. The molecular formula is C16H17N3O4. The molecule has 0 unspecified atom stereocenters. The third-order valence-corrected chi connectivity index (χ3v) is 2.99. The third-order valence-electron chi connectivity index (χ3n) is 2.99. The van der Waals surface area contributed by atoms with Crippen molar-refractivity contribution < 1.29 is 14.5 Å². The van der Waals surface area contributed by atoms with Gasteiger partial charge in [-0.2, -0.15) is 0 Å². The highest BCUT2D eigenvalue weighted by molar-refractivity contribution is 5.89. The minimum absolute atomic E-state index is 0.0782. The first-order valence-corrected chi connectivity index (χ1v) is 7.03. The van der Waals surface area contributed by atoms with E-state index in [0.717, 1.165) is 11.3 Å². The summed E-state index contributed by atoms with van der Waals surface area (Å²) in [5.74, 6) is 0.733. The van der Waals surface area contributed by atoms with E-state index in [1.165, 1.54) is 18.2 Å². The van der Waals surface area contributed by atoms with Gasteiger partial charge in [-0.1, -0.05) is 23.8 Å². The molecule has 7 heteroatoms. The number of nitrogens with zero attached hydrogens (tertiary/aromatic N) is 1. The van der Waals surface area contributed by atoms with Gasteiger partial charge in [-0.05, 0) is 25.1 Å². The maximum Gasteiger partial charge on any atom is 0.319 e. The first-order chi connectivity index (χ1) is 11.0. The van der Waals surface area contributed by atoms with Crippen LogP contribution in [0.4, 0.5) is 16.2 Å². The monoisotopic (exact) mass is 315 g/mol. The number of rotatable bonds is 6. The van der Waals surface area contributed by atoms with Crippen molar-refractivity contribution >= 4 is 17.4 Å². The third kappa shape index (κ3) is 5.31. The van der Waals surface area contributed by atoms with Crippen molar-refractivity contribution in [3.05, 3.63) is 64.2 Å². The smallest absolute Gasteiger partial charge is 0.319 e. The molecule has 2 amide bonds. The van der Waals surface area contributed by atoms with Gasteiger partial charge in [-0.3, -0.25) is 10.1 Å². The van der Waals surface area contributed by atoms with E-state index in [-0.39, 0.29) is 5.69 Å². The molecule has 0 radical (unpaired) electrons. The first-order valence-electron chi connectivity index (χ1n) is 7.03. The number of ether oxygens (including phenoxy) is 1. The van der Waals surface area contributed by atoms with Crippen molar-refractivity contribution in [3.63, 3.8) is 0 Å². The molecule has 2 N–H and O–H groups in total. The van der Waals surface area contributed by atoms with Crippen molar-refractivity contribution in [1.82, 2.24) is 5.32 Å². The Bertz CT molecular complexity index is 686. The molecule has 7 nitrogen and oxygen atoms in total. The summed E-state index contributed by atoms with van der Waals surface area (Å²) in [5, 5.41) is 15.8. The molecule has 0 saturated heterocycles. The van der Waals surface area contributed by atoms with Crippen molar-refractivity contribution in [3.8, 4) is 5.75 Å². The summed E-state index contributed by atoms with van der Waals surface area (Å²) in [4.78, 5) is 21.9. The SMILES string of the molecule is Cc1ccc(OCCNC(=O)Nc2cccc([N+](=O)[O-])c2)cc1. The first kappa shape index (κ1) is 16.3. The Balaban J connectivity index is 1.74. The Hall–Kier alpha value is -3.09. The number of non-ortho nitro benzene ring substituents is 1. The second kappa shape index (κ2) is 7.79. The van der Waals surface area contributed by atoms with Gasteiger partial charge in [0.15, 0.2) is 0 Å². The Labute approximate surface area is 133 Å². The van der Waals surface area contributed by atoms with Crippen LogP contribution in [0, 0.1) is 17.0 Å². The fourth-order valence-corrected chi connectivity index (χ4v) is 1.84. The summed E-state index contributed by atoms with van der Waals surface area (Å²) in [6, 6.07) is 12.9. The summed E-state index contributed by atoms with van der Waals surface area (Å²) in [6.07, 6.45) is 0. The highest BCUT2D eigenvalue weighted by Crippen LogP contribution is 2.16. The minimum atomic E-state index is -0.515. The van der Waals surface area contributed by atoms with Gasteiger partial charge < -0.3 is 15.4 Å². The molecule has 0 aliphatic rings. The van der Waals surface area contributed by atoms with Crippen molar-refractivity contribution in [2.45, 2.75) is 6.92 Å². The van der Waals surface area contributed by atoms with E-state index in [4.69, 9.17) is 4.74 Å². The van der Waals surface area contributed by atoms with Crippen LogP contribution in [0.2, 0.25) is 0 Å². The van der Waals surface area contributed by atoms with E-state index < -0.39 is 11.0 Å². The van der Waals surface area contributed by atoms with Gasteiger partial charge >= 0.3 is 6.03 Å². The average Bonchev–Trinajstić information content (AvgIpc) is 2.53. The van der Waals surface area contributed by atoms with Gasteiger partial charge in [0.05, 0.1) is 11.5 Å². The van der Waals surface area contributed by atoms with Gasteiger partial charge in [0.1, 0.15) is 12.4 Å². The molecule has 0 fully saturated rings. The summed E-state index contributed by atoms with van der Waals surface area (Å²) in [7, 11) is 0. The largest absolute Gasteiger partial charge is 0.492 e. The minimum Gasteiger partial charge on any atom is -0.492 e. The molecule has 0 bridgehead atoms. The molecule has 0 aliphatic carbocycles. The number of urea groups is 1. The van der Waals surface area contributed by atoms with Gasteiger partial charge in [-0.25, -0.2) is 4.79 Å². The van der Waals surface area contributed by atoms with Crippen molar-refractivity contribution in [2.75, 3.05) is 18.5 Å². The van der Waals surface area contributed by atoms with E-state index >= 15 is 0 Å². The summed E-state index contributed by atoms with van der Waals surface area (Å²) < 4.78 is 5.48. The molecule has 0 spiro atoms. The van der Waals surface area contributed by atoms with Crippen LogP contribution in [0.25, 0.3) is 0 Å². The van der Waals surface area contributed by atoms with Gasteiger partial charge in [0.2, 0.25) is 0 Å². The number of benzene rings is 2. The van der Waals surface area contributed by atoms with Crippen LogP contribution in [-0.2, 0) is 0 Å². The summed E-state index contributed by atoms with van der Waals surface area (Å²) in [6.45, 7) is 2.63. The van der Waals surface area contributed by atoms with E-state index in [0.29, 0.717) is 18.8 Å². The second-order valence-electron chi connectivity index (χ2n) is 4.85. The van der Waals surface area contributed by atoms with Gasteiger partial charge in [-0.15, -0.1) is 0 Å². The molecule has 0 aromatic heterocycles. The number of nitro groups is 1. The zero-order chi connectivity index (χ0) is 16.7. The summed E-state index contributed by atoms with van der Waals surface area (Å²) in [5.41, 5.74) is 1.42. The molecule has 0 heterocycles. The van der Waals surface area contributed by atoms with Crippen LogP contribution < -0.4 is 15.4 Å². The normalized spacial score (nSPS) is 9.96. The lowest BCUT2D eigenvalue weighted by Gasteiger charge is -2.09. The maximum atomic E-state index is 11.7. The molecule has 0 aliphatic heterocycles. The number of aryl methyl sites for hydroxylation is 1. The highest BCUT2D eigenvalue weighted by atomic mass is 16.6. The Kier molecular flexibility index (Phi) is 5.51. The Morgan fingerprint density at radius 2 is 1.96 bits per heavy atom. The standard InChI is InChI=1S/C16H17N3O4/c1-12-5-7-15(8-6-12)23-10-9-17-16(20)18-13-3-2-4-14(11-13)19(21)22/h2-8,11H,9-10H2,1H3,(H2,17,18,20). The number of nitrogens with one attached hydrogen (secondary N) is 2. The number of amides is 2. The fourth-order valence-electron chi connectivity index (χ4n) is 1.84. The van der Waals surface area contributed by atoms with Crippen molar-refractivity contribution in [2.24, 2.45) is 0 Å². The lowest BCUT2D eigenvalue weighted by atomic mass is 10.2. The molecule has 2 aromatic carbocycles. The van der Waals surface area contributed by atoms with Gasteiger partial charge in [0, 0.05) is 17.8 Å². The van der Waals surface area contributed by atoms with Crippen LogP contribution >= 0.6 is 0 Å². The predicted molar refractivity (Wildman–Crippen MR) is 86.8 cm³/mol. The lowest BCUT2D eigenvalue weighted by Crippen LogP contribution is -2.32. The number of anilines is 1. The molecule has 0 saturated carbocycles. The zero-order valence-electron chi connectivity index (χ0n) is 12.6. The van der Waals surface area contributed by atoms with Crippen LogP contribution in [0.15, 0.2) is 48.5 Å². The second-order valence-corrected chi connectivity index (χ2v) is 4.85. The van der Waals surface area contributed by atoms with E-state index in [9.17, 15) is 14.9 Å². The number of hydrogen-bond acceptors (Lipinski definition) is 4. The quantitative estimate of drug-likeness (QED) is 0.486. The van der Waals surface area contributed by atoms with Gasteiger partial charge in [0.25, 0.3) is 5.69 Å². The number of hydrogen-bond donors (Lipinski definition) is 2. The predicted octanol–water partition coefficient (Wildman–Crippen LogP) is 3.10. The molecule has 2 rings (SSSR count). The number of carbonyl (C=O) groups is 1. The average molecular weight is 315 g/mol. The van der Waals surface area contributed by atoms with E-state index in [1.807, 2.05) is 31.2 Å². The van der Waals surface area contributed by atoms with Crippen LogP contribution in [0.3, 0.4) is 0 Å². The fraction of sp³-hybridized carbons (Fsp3) is 0.188.